The van der Waals surface area contributed by atoms with Crippen LogP contribution in [0.1, 0.15) is 6.42 Å². The van der Waals surface area contributed by atoms with Gasteiger partial charge in [-0.1, -0.05) is 0 Å². The number of ether oxygens (including phenoxy) is 2. The number of anilines is 1. The molecule has 1 aliphatic rings. The first kappa shape index (κ1) is 12.2. The molecule has 5 nitrogen and oxygen atoms in total. The molecule has 0 saturated carbocycles. The molecule has 3 atom stereocenters. The van der Waals surface area contributed by atoms with E-state index in [9.17, 15) is 5.11 Å². The van der Waals surface area contributed by atoms with Crippen molar-refractivity contribution in [1.82, 2.24) is 0 Å². The van der Waals surface area contributed by atoms with Crippen LogP contribution in [0.3, 0.4) is 0 Å². The maximum Gasteiger partial charge on any atom is 0.130 e. The van der Waals surface area contributed by atoms with Gasteiger partial charge in [-0.05, 0) is 24.3 Å². The Labute approximate surface area is 100.0 Å². The van der Waals surface area contributed by atoms with Gasteiger partial charge in [-0.15, -0.1) is 0 Å². The monoisotopic (exact) mass is 239 g/mol. The second-order valence-electron chi connectivity index (χ2n) is 4.02. The van der Waals surface area contributed by atoms with Crippen LogP contribution >= 0.6 is 0 Å². The summed E-state index contributed by atoms with van der Waals surface area (Å²) >= 11 is 0. The van der Waals surface area contributed by atoms with Crippen LogP contribution in [0, 0.1) is 0 Å². The molecular weight excluding hydrogens is 222 g/mol. The standard InChI is InChI=1S/C12H17NO4/c1-16-9-4-2-8(3-5-9)13-12-6-10(15)11(7-14)17-12/h2-5,10-15H,6-7H2,1H3/t10-,11-,12+/m0/s1. The summed E-state index contributed by atoms with van der Waals surface area (Å²) in [6, 6.07) is 7.44. The minimum atomic E-state index is -0.615. The topological polar surface area (TPSA) is 71.0 Å². The summed E-state index contributed by atoms with van der Waals surface area (Å²) in [4.78, 5) is 0. The van der Waals surface area contributed by atoms with Crippen molar-refractivity contribution in [3.05, 3.63) is 24.3 Å². The third kappa shape index (κ3) is 2.88. The van der Waals surface area contributed by atoms with Crippen LogP contribution in [-0.4, -0.2) is 42.4 Å². The lowest BCUT2D eigenvalue weighted by Gasteiger charge is -2.15. The van der Waals surface area contributed by atoms with E-state index >= 15 is 0 Å². The van der Waals surface area contributed by atoms with Crippen molar-refractivity contribution in [2.24, 2.45) is 0 Å². The van der Waals surface area contributed by atoms with Gasteiger partial charge in [0, 0.05) is 12.1 Å². The molecule has 17 heavy (non-hydrogen) atoms. The molecule has 0 amide bonds. The highest BCUT2D eigenvalue weighted by atomic mass is 16.5. The number of methoxy groups -OCH3 is 1. The van der Waals surface area contributed by atoms with E-state index in [1.54, 1.807) is 7.11 Å². The summed E-state index contributed by atoms with van der Waals surface area (Å²) < 4.78 is 10.5. The second kappa shape index (κ2) is 5.35. The van der Waals surface area contributed by atoms with Crippen molar-refractivity contribution in [3.8, 4) is 5.75 Å². The molecule has 2 rings (SSSR count). The molecule has 5 heteroatoms. The predicted molar refractivity (Wildman–Crippen MR) is 63.0 cm³/mol. The van der Waals surface area contributed by atoms with Gasteiger partial charge in [-0.25, -0.2) is 0 Å². The van der Waals surface area contributed by atoms with E-state index in [1.807, 2.05) is 24.3 Å². The molecule has 1 aliphatic heterocycles. The number of aliphatic hydroxyl groups excluding tert-OH is 2. The number of benzene rings is 1. The highest BCUT2D eigenvalue weighted by Crippen LogP contribution is 2.23. The summed E-state index contributed by atoms with van der Waals surface area (Å²) in [5.74, 6) is 0.788. The fourth-order valence-corrected chi connectivity index (χ4v) is 1.86. The van der Waals surface area contributed by atoms with E-state index in [4.69, 9.17) is 14.6 Å². The van der Waals surface area contributed by atoms with E-state index in [0.29, 0.717) is 6.42 Å². The van der Waals surface area contributed by atoms with E-state index < -0.39 is 12.2 Å². The quantitative estimate of drug-likeness (QED) is 0.716. The van der Waals surface area contributed by atoms with Crippen molar-refractivity contribution < 1.29 is 19.7 Å². The largest absolute Gasteiger partial charge is 0.497 e. The Bertz CT molecular complexity index is 354. The average Bonchev–Trinajstić information content (AvgIpc) is 2.70. The van der Waals surface area contributed by atoms with Crippen LogP contribution in [0.2, 0.25) is 0 Å². The van der Waals surface area contributed by atoms with Gasteiger partial charge in [0.15, 0.2) is 0 Å². The minimum Gasteiger partial charge on any atom is -0.497 e. The third-order valence-corrected chi connectivity index (χ3v) is 2.82. The highest BCUT2D eigenvalue weighted by molar-refractivity contribution is 5.46. The molecule has 94 valence electrons. The van der Waals surface area contributed by atoms with Gasteiger partial charge in [0.25, 0.3) is 0 Å². The molecule has 3 N–H and O–H groups in total. The molecule has 0 bridgehead atoms. The van der Waals surface area contributed by atoms with Crippen molar-refractivity contribution in [2.75, 3.05) is 19.0 Å². The number of nitrogens with one attached hydrogen (secondary N) is 1. The predicted octanol–water partition coefficient (Wildman–Crippen LogP) is 0.575. The van der Waals surface area contributed by atoms with Crippen molar-refractivity contribution in [1.29, 1.82) is 0 Å². The van der Waals surface area contributed by atoms with E-state index in [0.717, 1.165) is 11.4 Å². The Morgan fingerprint density at radius 3 is 2.65 bits per heavy atom. The Hall–Kier alpha value is -1.30. The van der Waals surface area contributed by atoms with Crippen molar-refractivity contribution in [3.63, 3.8) is 0 Å². The van der Waals surface area contributed by atoms with Gasteiger partial charge in [-0.2, -0.15) is 0 Å². The molecule has 0 aromatic heterocycles. The van der Waals surface area contributed by atoms with Gasteiger partial charge in [0.2, 0.25) is 0 Å². The van der Waals surface area contributed by atoms with Gasteiger partial charge in [-0.3, -0.25) is 0 Å². The van der Waals surface area contributed by atoms with Crippen LogP contribution in [0.5, 0.6) is 5.75 Å². The van der Waals surface area contributed by atoms with Gasteiger partial charge in [0.05, 0.1) is 19.8 Å². The van der Waals surface area contributed by atoms with E-state index in [2.05, 4.69) is 5.32 Å². The van der Waals surface area contributed by atoms with Crippen LogP contribution in [0.4, 0.5) is 5.69 Å². The van der Waals surface area contributed by atoms with Crippen LogP contribution in [-0.2, 0) is 4.74 Å². The normalized spacial score (nSPS) is 28.1. The zero-order chi connectivity index (χ0) is 12.3. The summed E-state index contributed by atoms with van der Waals surface area (Å²) in [7, 11) is 1.62. The lowest BCUT2D eigenvalue weighted by Crippen LogP contribution is -2.25. The Morgan fingerprint density at radius 1 is 1.41 bits per heavy atom. The molecule has 1 saturated heterocycles. The highest BCUT2D eigenvalue weighted by Gasteiger charge is 2.33. The number of hydrogen-bond acceptors (Lipinski definition) is 5. The fraction of sp³-hybridized carbons (Fsp3) is 0.500. The van der Waals surface area contributed by atoms with Crippen LogP contribution in [0.15, 0.2) is 24.3 Å². The zero-order valence-corrected chi connectivity index (χ0v) is 9.67. The summed E-state index contributed by atoms with van der Waals surface area (Å²) in [5.41, 5.74) is 0.890. The van der Waals surface area contributed by atoms with E-state index in [1.165, 1.54) is 0 Å². The Morgan fingerprint density at radius 2 is 2.12 bits per heavy atom. The summed E-state index contributed by atoms with van der Waals surface area (Å²) in [5, 5.41) is 21.7. The van der Waals surface area contributed by atoms with Gasteiger partial charge < -0.3 is 25.0 Å². The number of aliphatic hydroxyl groups is 2. The van der Waals surface area contributed by atoms with Crippen molar-refractivity contribution >= 4 is 5.69 Å². The molecule has 1 aromatic rings. The molecule has 0 radical (unpaired) electrons. The molecule has 1 fully saturated rings. The van der Waals surface area contributed by atoms with E-state index in [-0.39, 0.29) is 12.8 Å². The smallest absolute Gasteiger partial charge is 0.130 e. The van der Waals surface area contributed by atoms with Crippen LogP contribution < -0.4 is 10.1 Å². The molecule has 1 heterocycles. The lowest BCUT2D eigenvalue weighted by molar-refractivity contribution is -0.0149. The maximum atomic E-state index is 9.57. The first-order valence-corrected chi connectivity index (χ1v) is 5.58. The van der Waals surface area contributed by atoms with Gasteiger partial charge in [0.1, 0.15) is 18.1 Å². The zero-order valence-electron chi connectivity index (χ0n) is 9.67. The second-order valence-corrected chi connectivity index (χ2v) is 4.02. The molecular formula is C12H17NO4. The van der Waals surface area contributed by atoms with Crippen LogP contribution in [0.25, 0.3) is 0 Å². The molecule has 0 unspecified atom stereocenters. The summed E-state index contributed by atoms with van der Waals surface area (Å²) in [6.45, 7) is -0.165. The first-order chi connectivity index (χ1) is 8.22. The minimum absolute atomic E-state index is 0.165. The van der Waals surface area contributed by atoms with Crippen molar-refractivity contribution in [2.45, 2.75) is 24.9 Å². The average molecular weight is 239 g/mol. The lowest BCUT2D eigenvalue weighted by atomic mass is 10.2. The fourth-order valence-electron chi connectivity index (χ4n) is 1.86. The molecule has 0 aliphatic carbocycles. The SMILES string of the molecule is COc1ccc(N[C@H]2C[C@H](O)[C@H](CO)O2)cc1. The Balaban J connectivity index is 1.93. The maximum absolute atomic E-state index is 9.57. The third-order valence-electron chi connectivity index (χ3n) is 2.82. The van der Waals surface area contributed by atoms with Gasteiger partial charge >= 0.3 is 0 Å². The number of hydrogen-bond donors (Lipinski definition) is 3. The Kier molecular flexibility index (Phi) is 3.83. The molecule has 0 spiro atoms. The molecule has 1 aromatic carbocycles. The summed E-state index contributed by atoms with van der Waals surface area (Å²) in [6.07, 6.45) is -0.908. The first-order valence-electron chi connectivity index (χ1n) is 5.58. The number of rotatable bonds is 4.